The van der Waals surface area contributed by atoms with Gasteiger partial charge in [0, 0.05) is 19.2 Å². The molecule has 1 aromatic carbocycles. The number of fused-ring (bicyclic) bond motifs is 1. The molecule has 1 amide bonds. The molecule has 0 saturated carbocycles. The second-order valence-corrected chi connectivity index (χ2v) is 7.28. The third kappa shape index (κ3) is 3.02. The molecule has 1 unspecified atom stereocenters. The molecule has 122 valence electrons. The maximum Gasteiger partial charge on any atom is 0.241 e. The fraction of sp³-hybridized carbons (Fsp3) is 0.312. The minimum atomic E-state index is -3.66. The standard InChI is InChI=1S/C16H18N2O4S/c1-11(16-4-3-9-22-16)17-23(20,21)14-5-6-15-13(10-14)7-8-18(15)12(2)19/h3-6,9-11,17H,7-8H2,1-2H3. The van der Waals surface area contributed by atoms with Gasteiger partial charge < -0.3 is 9.32 Å². The van der Waals surface area contributed by atoms with E-state index < -0.39 is 16.1 Å². The van der Waals surface area contributed by atoms with Crippen molar-refractivity contribution >= 4 is 21.6 Å². The molecule has 1 N–H and O–H groups in total. The summed E-state index contributed by atoms with van der Waals surface area (Å²) < 4.78 is 32.9. The fourth-order valence-electron chi connectivity index (χ4n) is 2.77. The highest BCUT2D eigenvalue weighted by Gasteiger charge is 2.26. The van der Waals surface area contributed by atoms with Crippen LogP contribution < -0.4 is 9.62 Å². The zero-order chi connectivity index (χ0) is 16.6. The Morgan fingerprint density at radius 1 is 1.35 bits per heavy atom. The lowest BCUT2D eigenvalue weighted by atomic mass is 10.2. The summed E-state index contributed by atoms with van der Waals surface area (Å²) >= 11 is 0. The molecule has 0 fully saturated rings. The van der Waals surface area contributed by atoms with Crippen LogP contribution in [0.3, 0.4) is 0 Å². The molecule has 1 aliphatic heterocycles. The van der Waals surface area contributed by atoms with E-state index in [1.54, 1.807) is 36.1 Å². The van der Waals surface area contributed by atoms with Crippen LogP contribution in [0.2, 0.25) is 0 Å². The number of carbonyl (C=O) groups excluding carboxylic acids is 1. The molecule has 0 bridgehead atoms. The minimum absolute atomic E-state index is 0.0380. The van der Waals surface area contributed by atoms with Crippen LogP contribution in [-0.4, -0.2) is 20.9 Å². The highest BCUT2D eigenvalue weighted by atomic mass is 32.2. The van der Waals surface area contributed by atoms with E-state index in [1.807, 2.05) is 0 Å². The number of nitrogens with zero attached hydrogens (tertiary/aromatic N) is 1. The van der Waals surface area contributed by atoms with Crippen LogP contribution in [0, 0.1) is 0 Å². The first-order chi connectivity index (χ1) is 10.9. The SMILES string of the molecule is CC(=O)N1CCc2cc(S(=O)(=O)NC(C)c3ccco3)ccc21. The molecule has 0 aliphatic carbocycles. The first-order valence-electron chi connectivity index (χ1n) is 7.35. The van der Waals surface area contributed by atoms with Crippen molar-refractivity contribution in [1.82, 2.24) is 4.72 Å². The average Bonchev–Trinajstić information content (AvgIpc) is 3.15. The minimum Gasteiger partial charge on any atom is -0.468 e. The van der Waals surface area contributed by atoms with Crippen LogP contribution in [0.4, 0.5) is 5.69 Å². The lowest BCUT2D eigenvalue weighted by Gasteiger charge is -2.16. The van der Waals surface area contributed by atoms with Gasteiger partial charge >= 0.3 is 0 Å². The summed E-state index contributed by atoms with van der Waals surface area (Å²) in [5.41, 5.74) is 1.66. The highest BCUT2D eigenvalue weighted by molar-refractivity contribution is 7.89. The van der Waals surface area contributed by atoms with Crippen molar-refractivity contribution in [2.24, 2.45) is 0 Å². The first-order valence-corrected chi connectivity index (χ1v) is 8.83. The van der Waals surface area contributed by atoms with Gasteiger partial charge in [0.2, 0.25) is 15.9 Å². The van der Waals surface area contributed by atoms with Gasteiger partial charge in [-0.3, -0.25) is 4.79 Å². The van der Waals surface area contributed by atoms with E-state index in [0.29, 0.717) is 18.7 Å². The average molecular weight is 334 g/mol. The Bertz CT molecular complexity index is 828. The van der Waals surface area contributed by atoms with Crippen LogP contribution in [0.25, 0.3) is 0 Å². The summed E-state index contributed by atoms with van der Waals surface area (Å²) in [5.74, 6) is 0.515. The van der Waals surface area contributed by atoms with Crippen molar-refractivity contribution in [3.63, 3.8) is 0 Å². The van der Waals surface area contributed by atoms with Crippen molar-refractivity contribution in [2.75, 3.05) is 11.4 Å². The first kappa shape index (κ1) is 15.8. The van der Waals surface area contributed by atoms with Crippen LogP contribution in [0.1, 0.15) is 31.2 Å². The summed E-state index contributed by atoms with van der Waals surface area (Å²) in [6.45, 7) is 3.82. The van der Waals surface area contributed by atoms with Gasteiger partial charge in [-0.1, -0.05) is 0 Å². The Labute approximate surface area is 135 Å². The van der Waals surface area contributed by atoms with Crippen LogP contribution in [0.5, 0.6) is 0 Å². The van der Waals surface area contributed by atoms with E-state index in [2.05, 4.69) is 4.72 Å². The van der Waals surface area contributed by atoms with Gasteiger partial charge in [-0.2, -0.15) is 0 Å². The van der Waals surface area contributed by atoms with Gasteiger partial charge in [0.25, 0.3) is 0 Å². The van der Waals surface area contributed by atoms with E-state index in [9.17, 15) is 13.2 Å². The van der Waals surface area contributed by atoms with E-state index in [0.717, 1.165) is 11.3 Å². The smallest absolute Gasteiger partial charge is 0.241 e. The van der Waals surface area contributed by atoms with Gasteiger partial charge in [0.1, 0.15) is 5.76 Å². The third-order valence-corrected chi connectivity index (χ3v) is 5.48. The predicted molar refractivity (Wildman–Crippen MR) is 85.6 cm³/mol. The number of sulfonamides is 1. The maximum atomic E-state index is 12.5. The number of nitrogens with one attached hydrogen (secondary N) is 1. The largest absolute Gasteiger partial charge is 0.468 e. The normalized spacial score (nSPS) is 15.5. The topological polar surface area (TPSA) is 79.6 Å². The molecule has 23 heavy (non-hydrogen) atoms. The van der Waals surface area contributed by atoms with Gasteiger partial charge in [0.15, 0.2) is 0 Å². The van der Waals surface area contributed by atoms with E-state index in [1.165, 1.54) is 19.3 Å². The Hall–Kier alpha value is -2.12. The van der Waals surface area contributed by atoms with Crippen LogP contribution in [-0.2, 0) is 21.2 Å². The maximum absolute atomic E-state index is 12.5. The van der Waals surface area contributed by atoms with Crippen LogP contribution in [0.15, 0.2) is 45.9 Å². The number of anilines is 1. The van der Waals surface area contributed by atoms with Crippen molar-refractivity contribution < 1.29 is 17.6 Å². The van der Waals surface area contributed by atoms with Crippen molar-refractivity contribution in [3.05, 3.63) is 47.9 Å². The van der Waals surface area contributed by atoms with Crippen LogP contribution >= 0.6 is 0 Å². The molecule has 2 aromatic rings. The molecule has 3 rings (SSSR count). The number of furan rings is 1. The Morgan fingerprint density at radius 3 is 2.78 bits per heavy atom. The molecule has 7 heteroatoms. The Morgan fingerprint density at radius 2 is 2.13 bits per heavy atom. The van der Waals surface area contributed by atoms with E-state index in [4.69, 9.17) is 4.42 Å². The summed E-state index contributed by atoms with van der Waals surface area (Å²) in [6.07, 6.45) is 2.16. The Kier molecular flexibility index (Phi) is 3.99. The summed E-state index contributed by atoms with van der Waals surface area (Å²) in [6, 6.07) is 7.83. The highest BCUT2D eigenvalue weighted by Crippen LogP contribution is 2.30. The van der Waals surface area contributed by atoms with Gasteiger partial charge in [-0.25, -0.2) is 13.1 Å². The molecule has 0 saturated heterocycles. The molecule has 6 nitrogen and oxygen atoms in total. The lowest BCUT2D eigenvalue weighted by molar-refractivity contribution is -0.116. The number of amides is 1. The third-order valence-electron chi connectivity index (χ3n) is 3.94. The second kappa shape index (κ2) is 5.82. The molecule has 0 spiro atoms. The van der Waals surface area contributed by atoms with Gasteiger partial charge in [-0.05, 0) is 49.2 Å². The number of hydrogen-bond donors (Lipinski definition) is 1. The van der Waals surface area contributed by atoms with Gasteiger partial charge in [0.05, 0.1) is 17.2 Å². The summed E-state index contributed by atoms with van der Waals surface area (Å²) in [7, 11) is -3.66. The van der Waals surface area contributed by atoms with E-state index in [-0.39, 0.29) is 10.8 Å². The lowest BCUT2D eigenvalue weighted by Crippen LogP contribution is -2.27. The van der Waals surface area contributed by atoms with Crippen molar-refractivity contribution in [1.29, 1.82) is 0 Å². The molecule has 0 radical (unpaired) electrons. The molecule has 2 heterocycles. The number of rotatable bonds is 4. The summed E-state index contributed by atoms with van der Waals surface area (Å²) in [5, 5.41) is 0. The Balaban J connectivity index is 1.86. The van der Waals surface area contributed by atoms with E-state index >= 15 is 0 Å². The van der Waals surface area contributed by atoms with Gasteiger partial charge in [-0.15, -0.1) is 0 Å². The fourth-order valence-corrected chi connectivity index (χ4v) is 4.03. The molecular weight excluding hydrogens is 316 g/mol. The monoisotopic (exact) mass is 334 g/mol. The predicted octanol–water partition coefficient (Wildman–Crippen LogP) is 2.23. The zero-order valence-electron chi connectivity index (χ0n) is 12.9. The quantitative estimate of drug-likeness (QED) is 0.930. The molecule has 1 atom stereocenters. The van der Waals surface area contributed by atoms with Crippen molar-refractivity contribution in [2.45, 2.75) is 31.2 Å². The number of carbonyl (C=O) groups is 1. The second-order valence-electron chi connectivity index (χ2n) is 5.57. The number of hydrogen-bond acceptors (Lipinski definition) is 4. The molecule has 1 aromatic heterocycles. The zero-order valence-corrected chi connectivity index (χ0v) is 13.8. The number of benzene rings is 1. The molecule has 1 aliphatic rings. The van der Waals surface area contributed by atoms with Crippen molar-refractivity contribution in [3.8, 4) is 0 Å². The molecular formula is C16H18N2O4S. The summed E-state index contributed by atoms with van der Waals surface area (Å²) in [4.78, 5) is 13.4.